The molecular weight excluding hydrogens is 452 g/mol. The summed E-state index contributed by atoms with van der Waals surface area (Å²) in [7, 11) is -1.95. The van der Waals surface area contributed by atoms with Gasteiger partial charge in [0.2, 0.25) is 0 Å². The van der Waals surface area contributed by atoms with Crippen molar-refractivity contribution in [3.8, 4) is 0 Å². The number of aliphatic carboxylic acids is 2. The first-order valence-electron chi connectivity index (χ1n) is 12.0. The third-order valence-electron chi connectivity index (χ3n) is 7.19. The van der Waals surface area contributed by atoms with Crippen LogP contribution in [-0.4, -0.2) is 30.2 Å². The molecule has 2 unspecified atom stereocenters. The average Bonchev–Trinajstić information content (AvgIpc) is 3.21. The highest BCUT2D eigenvalue weighted by molar-refractivity contribution is 6.89. The highest BCUT2D eigenvalue weighted by Crippen LogP contribution is 2.49. The van der Waals surface area contributed by atoms with Crippen molar-refractivity contribution in [2.75, 3.05) is 0 Å². The zero-order valence-corrected chi connectivity index (χ0v) is 21.4. The van der Waals surface area contributed by atoms with Crippen LogP contribution < -0.4 is 5.19 Å². The molecule has 1 aliphatic rings. The standard InChI is InChI=1S/C30H32O4Si/c1-35(2,3)26-16-10-15-23-17-18-30(27(23)26,24(28(31)32)19-21-11-6-4-7-12-21)25(29(33)34)20-22-13-8-5-9-14-22/h4-18,24-25H,19-20H2,1-3H3,(H,31,32)(H,33,34). The number of benzene rings is 3. The zero-order valence-electron chi connectivity index (χ0n) is 20.4. The molecule has 0 aromatic heterocycles. The van der Waals surface area contributed by atoms with Crippen LogP contribution in [0.15, 0.2) is 84.9 Å². The molecular formula is C30H32O4Si. The summed E-state index contributed by atoms with van der Waals surface area (Å²) in [5.41, 5.74) is 2.41. The molecule has 3 aromatic carbocycles. The van der Waals surface area contributed by atoms with Crippen molar-refractivity contribution >= 4 is 31.3 Å². The van der Waals surface area contributed by atoms with Crippen LogP contribution in [0.3, 0.4) is 0 Å². The molecule has 0 saturated heterocycles. The first-order valence-corrected chi connectivity index (χ1v) is 15.5. The number of carboxylic acid groups (broad SMARTS) is 2. The molecule has 0 aliphatic heterocycles. The number of fused-ring (bicyclic) bond motifs is 1. The van der Waals surface area contributed by atoms with Gasteiger partial charge in [-0.05, 0) is 35.1 Å². The SMILES string of the molecule is C[Si](C)(C)c1cccc2c1C(C(Cc1ccccc1)C(=O)O)(C(Cc1ccccc1)C(=O)O)C=C2. The molecule has 0 fully saturated rings. The van der Waals surface area contributed by atoms with E-state index in [4.69, 9.17) is 0 Å². The maximum absolute atomic E-state index is 13.0. The highest BCUT2D eigenvalue weighted by atomic mass is 28.3. The Hall–Kier alpha value is -3.44. The van der Waals surface area contributed by atoms with E-state index in [0.717, 1.165) is 27.4 Å². The monoisotopic (exact) mass is 484 g/mol. The maximum atomic E-state index is 13.0. The second-order valence-corrected chi connectivity index (χ2v) is 15.5. The third-order valence-corrected chi connectivity index (χ3v) is 9.22. The van der Waals surface area contributed by atoms with Crippen LogP contribution in [0.4, 0.5) is 0 Å². The van der Waals surface area contributed by atoms with Gasteiger partial charge in [0.05, 0.1) is 19.9 Å². The molecule has 4 nitrogen and oxygen atoms in total. The Morgan fingerprint density at radius 3 is 1.66 bits per heavy atom. The van der Waals surface area contributed by atoms with Crippen molar-refractivity contribution in [3.05, 3.63) is 107 Å². The molecule has 2 N–H and O–H groups in total. The normalized spacial score (nSPS) is 18.6. The lowest BCUT2D eigenvalue weighted by atomic mass is 9.60. The summed E-state index contributed by atoms with van der Waals surface area (Å²) in [6.45, 7) is 6.68. The predicted octanol–water partition coefficient (Wildman–Crippen LogP) is 5.38. The smallest absolute Gasteiger partial charge is 0.308 e. The summed E-state index contributed by atoms with van der Waals surface area (Å²) < 4.78 is 0. The van der Waals surface area contributed by atoms with Crippen molar-refractivity contribution in [3.63, 3.8) is 0 Å². The number of carboxylic acids is 2. The van der Waals surface area contributed by atoms with Gasteiger partial charge in [-0.1, -0.05) is 116 Å². The van der Waals surface area contributed by atoms with Gasteiger partial charge in [0.25, 0.3) is 0 Å². The van der Waals surface area contributed by atoms with Crippen LogP contribution in [0.25, 0.3) is 6.08 Å². The van der Waals surface area contributed by atoms with E-state index in [1.807, 2.05) is 84.9 Å². The number of carbonyl (C=O) groups is 2. The van der Waals surface area contributed by atoms with Crippen LogP contribution in [0.2, 0.25) is 19.6 Å². The number of allylic oxidation sites excluding steroid dienone is 1. The maximum Gasteiger partial charge on any atom is 0.308 e. The highest BCUT2D eigenvalue weighted by Gasteiger charge is 2.55. The van der Waals surface area contributed by atoms with Crippen LogP contribution in [0.5, 0.6) is 0 Å². The predicted molar refractivity (Wildman–Crippen MR) is 143 cm³/mol. The fourth-order valence-corrected chi connectivity index (χ4v) is 7.28. The fraction of sp³-hybridized carbons (Fsp3) is 0.267. The van der Waals surface area contributed by atoms with Crippen LogP contribution in [-0.2, 0) is 27.8 Å². The Bertz CT molecular complexity index is 1180. The van der Waals surface area contributed by atoms with Crippen LogP contribution in [0.1, 0.15) is 22.3 Å². The van der Waals surface area contributed by atoms with E-state index in [-0.39, 0.29) is 12.8 Å². The summed E-state index contributed by atoms with van der Waals surface area (Å²) in [5, 5.41) is 22.4. The quantitative estimate of drug-likeness (QED) is 0.400. The Kier molecular flexibility index (Phi) is 6.81. The Balaban J connectivity index is 2.00. The summed E-state index contributed by atoms with van der Waals surface area (Å²) >= 11 is 0. The molecule has 0 spiro atoms. The number of hydrogen-bond donors (Lipinski definition) is 2. The molecule has 0 heterocycles. The van der Waals surface area contributed by atoms with Crippen molar-refractivity contribution in [2.24, 2.45) is 11.8 Å². The minimum Gasteiger partial charge on any atom is -0.481 e. The van der Waals surface area contributed by atoms with Crippen LogP contribution >= 0.6 is 0 Å². The Labute approximate surface area is 208 Å². The molecule has 0 bridgehead atoms. The Morgan fingerprint density at radius 1 is 0.743 bits per heavy atom. The van der Waals surface area contributed by atoms with Gasteiger partial charge in [0.15, 0.2) is 0 Å². The van der Waals surface area contributed by atoms with Crippen LogP contribution in [0, 0.1) is 11.8 Å². The van der Waals surface area contributed by atoms with E-state index in [0.29, 0.717) is 0 Å². The summed E-state index contributed by atoms with van der Waals surface area (Å²) in [6.07, 6.45) is 4.34. The van der Waals surface area contributed by atoms with E-state index < -0.39 is 37.3 Å². The van der Waals surface area contributed by atoms with E-state index in [2.05, 4.69) is 25.7 Å². The molecule has 3 aromatic rings. The molecule has 35 heavy (non-hydrogen) atoms. The van der Waals surface area contributed by atoms with Gasteiger partial charge in [0, 0.05) is 5.41 Å². The van der Waals surface area contributed by atoms with Gasteiger partial charge in [0.1, 0.15) is 0 Å². The molecule has 0 radical (unpaired) electrons. The van der Waals surface area contributed by atoms with Crippen molar-refractivity contribution < 1.29 is 19.8 Å². The summed E-state index contributed by atoms with van der Waals surface area (Å²) in [6, 6.07) is 25.1. The minimum atomic E-state index is -1.95. The van der Waals surface area contributed by atoms with Gasteiger partial charge >= 0.3 is 11.9 Å². The molecule has 180 valence electrons. The zero-order chi connectivity index (χ0) is 25.2. The molecule has 5 heteroatoms. The van der Waals surface area contributed by atoms with E-state index >= 15 is 0 Å². The number of hydrogen-bond acceptors (Lipinski definition) is 2. The topological polar surface area (TPSA) is 74.6 Å². The summed E-state index contributed by atoms with van der Waals surface area (Å²) in [5.74, 6) is -3.83. The average molecular weight is 485 g/mol. The lowest BCUT2D eigenvalue weighted by Crippen LogP contribution is -2.54. The first-order chi connectivity index (χ1) is 16.6. The molecule has 0 amide bonds. The van der Waals surface area contributed by atoms with Gasteiger partial charge in [-0.15, -0.1) is 0 Å². The second kappa shape index (κ2) is 9.66. The van der Waals surface area contributed by atoms with Crippen molar-refractivity contribution in [1.29, 1.82) is 0 Å². The molecule has 2 atom stereocenters. The van der Waals surface area contributed by atoms with E-state index in [9.17, 15) is 19.8 Å². The molecule has 0 saturated carbocycles. The van der Waals surface area contributed by atoms with Gasteiger partial charge in [-0.25, -0.2) is 0 Å². The van der Waals surface area contributed by atoms with Crippen molar-refractivity contribution in [2.45, 2.75) is 37.9 Å². The lowest BCUT2D eigenvalue weighted by molar-refractivity contribution is -0.149. The van der Waals surface area contributed by atoms with Crippen molar-refractivity contribution in [1.82, 2.24) is 0 Å². The molecule has 4 rings (SSSR count). The molecule has 1 aliphatic carbocycles. The number of rotatable bonds is 9. The third kappa shape index (κ3) is 4.73. The van der Waals surface area contributed by atoms with Gasteiger partial charge < -0.3 is 10.2 Å². The van der Waals surface area contributed by atoms with E-state index in [1.54, 1.807) is 0 Å². The van der Waals surface area contributed by atoms with Gasteiger partial charge in [-0.2, -0.15) is 0 Å². The van der Waals surface area contributed by atoms with Gasteiger partial charge in [-0.3, -0.25) is 9.59 Å². The summed E-state index contributed by atoms with van der Waals surface area (Å²) in [4.78, 5) is 26.1. The Morgan fingerprint density at radius 2 is 1.23 bits per heavy atom. The lowest BCUT2D eigenvalue weighted by Gasteiger charge is -2.42. The largest absolute Gasteiger partial charge is 0.481 e. The second-order valence-electron chi connectivity index (χ2n) is 10.4. The fourth-order valence-electron chi connectivity index (χ4n) is 5.57. The minimum absolute atomic E-state index is 0.249. The van der Waals surface area contributed by atoms with E-state index in [1.165, 1.54) is 0 Å². The first kappa shape index (κ1) is 24.7.